The van der Waals surface area contributed by atoms with Gasteiger partial charge in [0.15, 0.2) is 0 Å². The molecular formula is C12H15F2NO3. The molecule has 0 bridgehead atoms. The highest BCUT2D eigenvalue weighted by Gasteiger charge is 2.30. The molecule has 0 spiro atoms. The zero-order valence-electron chi connectivity index (χ0n) is 10.3. The summed E-state index contributed by atoms with van der Waals surface area (Å²) in [6, 6.07) is 2.29. The molecule has 0 saturated carbocycles. The number of carbonyl (C=O) groups is 1. The first-order valence-corrected chi connectivity index (χ1v) is 5.26. The molecule has 0 heterocycles. The quantitative estimate of drug-likeness (QED) is 0.857. The second kappa shape index (κ2) is 4.80. The smallest absolute Gasteiger partial charge is 0.409 e. The fourth-order valence-corrected chi connectivity index (χ4v) is 1.79. The average Bonchev–Trinajstić information content (AvgIpc) is 2.17. The summed E-state index contributed by atoms with van der Waals surface area (Å²) in [7, 11) is 0. The normalized spacial score (nSPS) is 11.7. The van der Waals surface area contributed by atoms with Crippen molar-refractivity contribution in [2.24, 2.45) is 5.73 Å². The number of phenols is 1. The Labute approximate surface area is 103 Å². The first kappa shape index (κ1) is 14.2. The van der Waals surface area contributed by atoms with Crippen LogP contribution in [-0.4, -0.2) is 11.2 Å². The summed E-state index contributed by atoms with van der Waals surface area (Å²) < 4.78 is 30.8. The Hall–Kier alpha value is -1.85. The van der Waals surface area contributed by atoms with Gasteiger partial charge in [-0.25, -0.2) is 13.6 Å². The van der Waals surface area contributed by atoms with E-state index in [4.69, 9.17) is 5.73 Å². The molecular weight excluding hydrogens is 244 g/mol. The van der Waals surface area contributed by atoms with E-state index >= 15 is 0 Å². The summed E-state index contributed by atoms with van der Waals surface area (Å²) in [6.07, 6.45) is -4.07. The molecule has 18 heavy (non-hydrogen) atoms. The van der Waals surface area contributed by atoms with Gasteiger partial charge in [0.05, 0.1) is 5.56 Å². The van der Waals surface area contributed by atoms with Crippen molar-refractivity contribution in [2.75, 3.05) is 0 Å². The summed E-state index contributed by atoms with van der Waals surface area (Å²) in [5.74, 6) is -0.602. The minimum atomic E-state index is -2.89. The SMILES string of the molecule is CC(C)(C)c1c(O)ccc(OC(N)=O)c1C(F)F. The second-order valence-electron chi connectivity index (χ2n) is 4.84. The van der Waals surface area contributed by atoms with Crippen molar-refractivity contribution in [1.29, 1.82) is 0 Å². The summed E-state index contributed by atoms with van der Waals surface area (Å²) >= 11 is 0. The molecule has 0 aliphatic carbocycles. The van der Waals surface area contributed by atoms with Gasteiger partial charge in [-0.1, -0.05) is 20.8 Å². The van der Waals surface area contributed by atoms with Crippen LogP contribution in [0.15, 0.2) is 12.1 Å². The third kappa shape index (κ3) is 2.88. The molecule has 0 radical (unpaired) electrons. The molecule has 4 nitrogen and oxygen atoms in total. The predicted molar refractivity (Wildman–Crippen MR) is 62.0 cm³/mol. The molecule has 3 N–H and O–H groups in total. The van der Waals surface area contributed by atoms with Gasteiger partial charge in [-0.05, 0) is 17.5 Å². The molecule has 0 aromatic heterocycles. The van der Waals surface area contributed by atoms with Crippen LogP contribution in [0.25, 0.3) is 0 Å². The molecule has 0 fully saturated rings. The van der Waals surface area contributed by atoms with Gasteiger partial charge < -0.3 is 15.6 Å². The van der Waals surface area contributed by atoms with Crippen molar-refractivity contribution in [2.45, 2.75) is 32.6 Å². The lowest BCUT2D eigenvalue weighted by atomic mass is 9.82. The lowest BCUT2D eigenvalue weighted by molar-refractivity contribution is 0.143. The Balaban J connectivity index is 3.53. The van der Waals surface area contributed by atoms with Crippen LogP contribution in [0, 0.1) is 0 Å². The standard InChI is InChI=1S/C12H15F2NO3/c1-12(2,3)9-6(16)4-5-7(18-11(15)17)8(9)10(13)14/h4-5,10,16H,1-3H3,(H2,15,17). The van der Waals surface area contributed by atoms with Crippen LogP contribution in [0.2, 0.25) is 0 Å². The van der Waals surface area contributed by atoms with E-state index in [9.17, 15) is 18.7 Å². The van der Waals surface area contributed by atoms with E-state index in [1.165, 1.54) is 6.07 Å². The van der Waals surface area contributed by atoms with Gasteiger partial charge in [0.25, 0.3) is 6.43 Å². The molecule has 0 unspecified atom stereocenters. The Morgan fingerprint density at radius 2 is 1.94 bits per heavy atom. The molecule has 0 saturated heterocycles. The van der Waals surface area contributed by atoms with Crippen LogP contribution < -0.4 is 10.5 Å². The maximum atomic E-state index is 13.1. The molecule has 0 aliphatic rings. The van der Waals surface area contributed by atoms with E-state index in [2.05, 4.69) is 4.74 Å². The lowest BCUT2D eigenvalue weighted by Crippen LogP contribution is -2.20. The van der Waals surface area contributed by atoms with Crippen molar-refractivity contribution in [3.8, 4) is 11.5 Å². The van der Waals surface area contributed by atoms with Gasteiger partial charge in [-0.3, -0.25) is 0 Å². The number of alkyl halides is 2. The fraction of sp³-hybridized carbons (Fsp3) is 0.417. The van der Waals surface area contributed by atoms with Gasteiger partial charge in [0.2, 0.25) is 0 Å². The molecule has 1 aromatic rings. The summed E-state index contributed by atoms with van der Waals surface area (Å²) in [5.41, 5.74) is 3.62. The topological polar surface area (TPSA) is 72.6 Å². The monoisotopic (exact) mass is 259 g/mol. The van der Waals surface area contributed by atoms with Crippen LogP contribution in [-0.2, 0) is 5.41 Å². The van der Waals surface area contributed by atoms with Crippen LogP contribution in [0.3, 0.4) is 0 Å². The van der Waals surface area contributed by atoms with Crippen molar-refractivity contribution >= 4 is 6.09 Å². The summed E-state index contributed by atoms with van der Waals surface area (Å²) in [5, 5.41) is 9.73. The Morgan fingerprint density at radius 3 is 2.33 bits per heavy atom. The minimum Gasteiger partial charge on any atom is -0.508 e. The van der Waals surface area contributed by atoms with Crippen molar-refractivity contribution in [3.63, 3.8) is 0 Å². The van der Waals surface area contributed by atoms with E-state index in [0.717, 1.165) is 6.07 Å². The highest BCUT2D eigenvalue weighted by Crippen LogP contribution is 2.43. The first-order chi connectivity index (χ1) is 8.14. The number of carbonyl (C=O) groups excluding carboxylic acids is 1. The van der Waals surface area contributed by atoms with Crippen LogP contribution in [0.5, 0.6) is 11.5 Å². The number of phenolic OH excluding ortho intramolecular Hbond substituents is 1. The predicted octanol–water partition coefficient (Wildman–Crippen LogP) is 3.08. The number of hydrogen-bond acceptors (Lipinski definition) is 3. The molecule has 1 rings (SSSR count). The van der Waals surface area contributed by atoms with Crippen molar-refractivity contribution < 1.29 is 23.4 Å². The third-order valence-electron chi connectivity index (χ3n) is 2.36. The van der Waals surface area contributed by atoms with Gasteiger partial charge in [-0.15, -0.1) is 0 Å². The summed E-state index contributed by atoms with van der Waals surface area (Å²) in [4.78, 5) is 10.7. The lowest BCUT2D eigenvalue weighted by Gasteiger charge is -2.25. The minimum absolute atomic E-state index is 0.0382. The zero-order chi connectivity index (χ0) is 14.1. The average molecular weight is 259 g/mol. The number of aromatic hydroxyl groups is 1. The van der Waals surface area contributed by atoms with E-state index in [1.807, 2.05) is 0 Å². The number of amides is 1. The zero-order valence-corrected chi connectivity index (χ0v) is 10.3. The summed E-state index contributed by atoms with van der Waals surface area (Å²) in [6.45, 7) is 5.01. The van der Waals surface area contributed by atoms with Gasteiger partial charge in [0.1, 0.15) is 11.5 Å². The molecule has 1 amide bonds. The maximum Gasteiger partial charge on any atom is 0.409 e. The van der Waals surface area contributed by atoms with Crippen LogP contribution >= 0.6 is 0 Å². The van der Waals surface area contributed by atoms with Gasteiger partial charge in [0, 0.05) is 5.56 Å². The highest BCUT2D eigenvalue weighted by atomic mass is 19.3. The highest BCUT2D eigenvalue weighted by molar-refractivity contribution is 5.69. The molecule has 0 aliphatic heterocycles. The molecule has 1 aromatic carbocycles. The Bertz CT molecular complexity index is 467. The Kier molecular flexibility index (Phi) is 3.79. The molecule has 6 heteroatoms. The van der Waals surface area contributed by atoms with E-state index in [-0.39, 0.29) is 17.1 Å². The number of primary amides is 1. The number of ether oxygens (including phenoxy) is 1. The largest absolute Gasteiger partial charge is 0.508 e. The van der Waals surface area contributed by atoms with Gasteiger partial charge >= 0.3 is 6.09 Å². The Morgan fingerprint density at radius 1 is 1.39 bits per heavy atom. The third-order valence-corrected chi connectivity index (χ3v) is 2.36. The number of rotatable bonds is 2. The number of nitrogens with two attached hydrogens (primary N) is 1. The maximum absolute atomic E-state index is 13.1. The number of hydrogen-bond donors (Lipinski definition) is 2. The van der Waals surface area contributed by atoms with Crippen molar-refractivity contribution in [1.82, 2.24) is 0 Å². The first-order valence-electron chi connectivity index (χ1n) is 5.26. The van der Waals surface area contributed by atoms with Crippen molar-refractivity contribution in [3.05, 3.63) is 23.3 Å². The number of benzene rings is 1. The van der Waals surface area contributed by atoms with E-state index < -0.39 is 23.5 Å². The van der Waals surface area contributed by atoms with Crippen LogP contribution in [0.1, 0.15) is 38.3 Å². The molecule has 100 valence electrons. The van der Waals surface area contributed by atoms with Crippen LogP contribution in [0.4, 0.5) is 13.6 Å². The second-order valence-corrected chi connectivity index (χ2v) is 4.84. The fourth-order valence-electron chi connectivity index (χ4n) is 1.79. The van der Waals surface area contributed by atoms with E-state index in [1.54, 1.807) is 20.8 Å². The molecule has 0 atom stereocenters. The van der Waals surface area contributed by atoms with E-state index in [0.29, 0.717) is 0 Å². The number of halogens is 2. The van der Waals surface area contributed by atoms with Gasteiger partial charge in [-0.2, -0.15) is 0 Å².